The number of anilines is 1. The molecule has 0 aromatic carbocycles. The second-order valence-corrected chi connectivity index (χ2v) is 2.75. The third-order valence-corrected chi connectivity index (χ3v) is 1.37. The fourth-order valence-electron chi connectivity index (χ4n) is 0.562. The molecule has 2 N–H and O–H groups in total. The van der Waals surface area contributed by atoms with Crippen molar-refractivity contribution in [3.8, 4) is 0 Å². The van der Waals surface area contributed by atoms with Gasteiger partial charge in [0, 0.05) is 6.07 Å². The standard InChI is InChI=1S/C5H3BrF3N3/c6-2-1-3(10)12-4(11-2)5(7,8)9/h1H,(H2,10,11,12). The number of nitrogens with zero attached hydrogens (tertiary/aromatic N) is 2. The van der Waals surface area contributed by atoms with Crippen LogP contribution in [0.5, 0.6) is 0 Å². The number of hydrogen-bond donors (Lipinski definition) is 1. The van der Waals surface area contributed by atoms with Crippen molar-refractivity contribution < 1.29 is 13.2 Å². The third kappa shape index (κ3) is 2.07. The highest BCUT2D eigenvalue weighted by atomic mass is 79.9. The largest absolute Gasteiger partial charge is 0.451 e. The van der Waals surface area contributed by atoms with E-state index in [2.05, 4.69) is 25.9 Å². The van der Waals surface area contributed by atoms with Crippen LogP contribution in [0.3, 0.4) is 0 Å². The van der Waals surface area contributed by atoms with Crippen LogP contribution in [0.1, 0.15) is 5.82 Å². The number of alkyl halides is 3. The predicted octanol–water partition coefficient (Wildman–Crippen LogP) is 1.84. The van der Waals surface area contributed by atoms with Crippen LogP contribution in [0.2, 0.25) is 0 Å². The van der Waals surface area contributed by atoms with Gasteiger partial charge in [-0.1, -0.05) is 0 Å². The Morgan fingerprint density at radius 2 is 1.92 bits per heavy atom. The molecule has 0 saturated carbocycles. The lowest BCUT2D eigenvalue weighted by molar-refractivity contribution is -0.145. The summed E-state index contributed by atoms with van der Waals surface area (Å²) in [5.41, 5.74) is 5.08. The molecule has 0 aliphatic rings. The molecule has 1 aromatic heterocycles. The highest BCUT2D eigenvalue weighted by Gasteiger charge is 2.35. The van der Waals surface area contributed by atoms with Gasteiger partial charge in [-0.25, -0.2) is 9.97 Å². The number of aromatic nitrogens is 2. The minimum atomic E-state index is -4.56. The van der Waals surface area contributed by atoms with Crippen molar-refractivity contribution >= 4 is 21.7 Å². The molecule has 3 nitrogen and oxygen atoms in total. The van der Waals surface area contributed by atoms with Crippen molar-refractivity contribution in [1.82, 2.24) is 9.97 Å². The second kappa shape index (κ2) is 2.89. The van der Waals surface area contributed by atoms with Gasteiger partial charge >= 0.3 is 6.18 Å². The third-order valence-electron chi connectivity index (χ3n) is 0.968. The average molecular weight is 242 g/mol. The van der Waals surface area contributed by atoms with E-state index in [4.69, 9.17) is 5.73 Å². The maximum absolute atomic E-state index is 11.9. The fourth-order valence-corrected chi connectivity index (χ4v) is 0.964. The monoisotopic (exact) mass is 241 g/mol. The zero-order chi connectivity index (χ0) is 9.35. The summed E-state index contributed by atoms with van der Waals surface area (Å²) in [4.78, 5) is 6.12. The molecule has 0 fully saturated rings. The molecule has 1 heterocycles. The molecule has 1 rings (SSSR count). The van der Waals surface area contributed by atoms with Crippen LogP contribution in [0.15, 0.2) is 10.7 Å². The molecule has 12 heavy (non-hydrogen) atoms. The SMILES string of the molecule is Nc1cc(Br)nc(C(F)(F)F)n1. The van der Waals surface area contributed by atoms with Gasteiger partial charge in [0.1, 0.15) is 10.4 Å². The molecule has 0 atom stereocenters. The molecule has 0 radical (unpaired) electrons. The molecule has 0 unspecified atom stereocenters. The lowest BCUT2D eigenvalue weighted by Crippen LogP contribution is -2.12. The first-order valence-corrected chi connectivity index (χ1v) is 3.56. The van der Waals surface area contributed by atoms with Crippen LogP contribution in [0, 0.1) is 0 Å². The molecular weight excluding hydrogens is 239 g/mol. The Balaban J connectivity index is 3.18. The van der Waals surface area contributed by atoms with E-state index < -0.39 is 12.0 Å². The Hall–Kier alpha value is -0.850. The van der Waals surface area contributed by atoms with E-state index in [1.165, 1.54) is 6.07 Å². The Labute approximate surface area is 73.9 Å². The van der Waals surface area contributed by atoms with Crippen molar-refractivity contribution in [2.75, 3.05) is 5.73 Å². The number of rotatable bonds is 0. The average Bonchev–Trinajstić information content (AvgIpc) is 1.82. The van der Waals surface area contributed by atoms with Gasteiger partial charge in [-0.2, -0.15) is 13.2 Å². The van der Waals surface area contributed by atoms with Gasteiger partial charge in [0.05, 0.1) is 0 Å². The zero-order valence-corrected chi connectivity index (χ0v) is 7.15. The van der Waals surface area contributed by atoms with Gasteiger partial charge in [-0.3, -0.25) is 0 Å². The Bertz CT molecular complexity index is 278. The number of hydrogen-bond acceptors (Lipinski definition) is 3. The summed E-state index contributed by atoms with van der Waals surface area (Å²) in [6, 6.07) is 1.19. The van der Waals surface area contributed by atoms with Gasteiger partial charge in [-0.05, 0) is 15.9 Å². The Kier molecular flexibility index (Phi) is 2.22. The minimum absolute atomic E-state index is 0.0160. The minimum Gasteiger partial charge on any atom is -0.384 e. The lowest BCUT2D eigenvalue weighted by atomic mass is 10.5. The maximum atomic E-state index is 11.9. The van der Waals surface area contributed by atoms with Gasteiger partial charge in [0.25, 0.3) is 0 Å². The number of nitrogen functional groups attached to an aromatic ring is 1. The van der Waals surface area contributed by atoms with E-state index in [9.17, 15) is 13.2 Å². The molecular formula is C5H3BrF3N3. The highest BCUT2D eigenvalue weighted by Crippen LogP contribution is 2.27. The van der Waals surface area contributed by atoms with Crippen LogP contribution >= 0.6 is 15.9 Å². The smallest absolute Gasteiger partial charge is 0.384 e. The summed E-state index contributed by atoms with van der Waals surface area (Å²) in [5.74, 6) is -1.46. The molecule has 0 saturated heterocycles. The van der Waals surface area contributed by atoms with E-state index in [0.717, 1.165) is 0 Å². The van der Waals surface area contributed by atoms with Crippen molar-refractivity contribution in [2.24, 2.45) is 0 Å². The fraction of sp³-hybridized carbons (Fsp3) is 0.200. The molecule has 0 aliphatic heterocycles. The van der Waals surface area contributed by atoms with E-state index >= 15 is 0 Å². The zero-order valence-electron chi connectivity index (χ0n) is 5.56. The topological polar surface area (TPSA) is 51.8 Å². The van der Waals surface area contributed by atoms with Crippen LogP contribution < -0.4 is 5.73 Å². The van der Waals surface area contributed by atoms with Crippen molar-refractivity contribution in [1.29, 1.82) is 0 Å². The van der Waals surface area contributed by atoms with Gasteiger partial charge in [0.15, 0.2) is 0 Å². The maximum Gasteiger partial charge on any atom is 0.451 e. The number of nitrogens with two attached hydrogens (primary N) is 1. The van der Waals surface area contributed by atoms with E-state index in [1.807, 2.05) is 0 Å². The molecule has 1 aromatic rings. The predicted molar refractivity (Wildman–Crippen MR) is 39.1 cm³/mol. The van der Waals surface area contributed by atoms with Gasteiger partial charge in [-0.15, -0.1) is 0 Å². The van der Waals surface area contributed by atoms with Gasteiger partial charge < -0.3 is 5.73 Å². The van der Waals surface area contributed by atoms with Crippen LogP contribution in [-0.2, 0) is 6.18 Å². The van der Waals surface area contributed by atoms with E-state index in [0.29, 0.717) is 0 Å². The van der Waals surface area contributed by atoms with Crippen LogP contribution in [-0.4, -0.2) is 9.97 Å². The first-order valence-electron chi connectivity index (χ1n) is 2.77. The molecule has 0 spiro atoms. The Morgan fingerprint density at radius 3 is 2.33 bits per heavy atom. The summed E-state index contributed by atoms with van der Waals surface area (Å²) in [5, 5.41) is 0. The molecule has 0 aliphatic carbocycles. The highest BCUT2D eigenvalue weighted by molar-refractivity contribution is 9.10. The summed E-state index contributed by atoms with van der Waals surface area (Å²) >= 11 is 2.77. The lowest BCUT2D eigenvalue weighted by Gasteiger charge is -2.04. The second-order valence-electron chi connectivity index (χ2n) is 1.94. The summed E-state index contributed by atoms with van der Waals surface area (Å²) in [6.07, 6.45) is -4.56. The normalized spacial score (nSPS) is 11.7. The Morgan fingerprint density at radius 1 is 1.33 bits per heavy atom. The van der Waals surface area contributed by atoms with Crippen molar-refractivity contribution in [2.45, 2.75) is 6.18 Å². The van der Waals surface area contributed by atoms with Crippen LogP contribution in [0.25, 0.3) is 0 Å². The molecule has 66 valence electrons. The molecule has 0 amide bonds. The van der Waals surface area contributed by atoms with E-state index in [-0.39, 0.29) is 10.4 Å². The quantitative estimate of drug-likeness (QED) is 0.706. The first kappa shape index (κ1) is 9.24. The van der Waals surface area contributed by atoms with Crippen molar-refractivity contribution in [3.63, 3.8) is 0 Å². The summed E-state index contributed by atoms with van der Waals surface area (Å²) in [7, 11) is 0. The van der Waals surface area contributed by atoms with Crippen LogP contribution in [0.4, 0.5) is 19.0 Å². The summed E-state index contributed by atoms with van der Waals surface area (Å²) in [6.45, 7) is 0. The van der Waals surface area contributed by atoms with Crippen molar-refractivity contribution in [3.05, 3.63) is 16.5 Å². The first-order chi connectivity index (χ1) is 5.39. The van der Waals surface area contributed by atoms with E-state index in [1.54, 1.807) is 0 Å². The number of halogens is 4. The molecule has 7 heteroatoms. The van der Waals surface area contributed by atoms with Gasteiger partial charge in [0.2, 0.25) is 5.82 Å². The summed E-state index contributed by atoms with van der Waals surface area (Å²) < 4.78 is 35.9. The molecule has 0 bridgehead atoms.